The van der Waals surface area contributed by atoms with Gasteiger partial charge in [0.2, 0.25) is 0 Å². The Labute approximate surface area is 88.0 Å². The Kier molecular flexibility index (Phi) is 3.69. The number of carbonyl (C=O) groups is 1. The Hall–Kier alpha value is -2.02. The van der Waals surface area contributed by atoms with Gasteiger partial charge >= 0.3 is 5.97 Å². The van der Waals surface area contributed by atoms with Crippen molar-refractivity contribution >= 4 is 5.97 Å². The Morgan fingerprint density at radius 2 is 2.27 bits per heavy atom. The van der Waals surface area contributed by atoms with Crippen molar-refractivity contribution in [3.05, 3.63) is 29.3 Å². The van der Waals surface area contributed by atoms with Crippen LogP contribution in [0.1, 0.15) is 11.1 Å². The number of hydrogen-bond donors (Lipinski definition) is 0. The molecule has 78 valence electrons. The molecule has 4 nitrogen and oxygen atoms in total. The van der Waals surface area contributed by atoms with Crippen molar-refractivity contribution in [2.75, 3.05) is 13.7 Å². The lowest BCUT2D eigenvalue weighted by Crippen LogP contribution is -2.13. The van der Waals surface area contributed by atoms with Crippen LogP contribution in [-0.4, -0.2) is 19.7 Å². The minimum atomic E-state index is -0.432. The summed E-state index contributed by atoms with van der Waals surface area (Å²) in [7, 11) is 1.30. The molecule has 1 aromatic carbocycles. The number of rotatable bonds is 3. The van der Waals surface area contributed by atoms with Crippen LogP contribution in [0.3, 0.4) is 0 Å². The Morgan fingerprint density at radius 3 is 2.80 bits per heavy atom. The predicted molar refractivity (Wildman–Crippen MR) is 53.4 cm³/mol. The highest BCUT2D eigenvalue weighted by molar-refractivity contribution is 5.70. The van der Waals surface area contributed by atoms with E-state index < -0.39 is 5.97 Å². The zero-order valence-electron chi connectivity index (χ0n) is 8.61. The number of nitrogens with zero attached hydrogens (tertiary/aromatic N) is 1. The number of nitriles is 1. The second-order valence-electron chi connectivity index (χ2n) is 2.96. The molecule has 1 rings (SSSR count). The highest BCUT2D eigenvalue weighted by Crippen LogP contribution is 2.18. The molecule has 0 saturated heterocycles. The van der Waals surface area contributed by atoms with E-state index in [1.807, 2.05) is 13.0 Å². The van der Waals surface area contributed by atoms with Crippen LogP contribution in [0.2, 0.25) is 0 Å². The highest BCUT2D eigenvalue weighted by atomic mass is 16.6. The molecule has 0 atom stereocenters. The molecule has 0 aromatic heterocycles. The summed E-state index contributed by atoms with van der Waals surface area (Å²) in [6, 6.07) is 7.03. The SMILES string of the molecule is COC(=O)COc1ccc(C#N)cc1C. The van der Waals surface area contributed by atoms with Gasteiger partial charge in [-0.05, 0) is 30.7 Å². The van der Waals surface area contributed by atoms with E-state index >= 15 is 0 Å². The van der Waals surface area contributed by atoms with Crippen LogP contribution >= 0.6 is 0 Å². The summed E-state index contributed by atoms with van der Waals surface area (Å²) < 4.78 is 9.65. The van der Waals surface area contributed by atoms with Crippen LogP contribution < -0.4 is 4.74 Å². The quantitative estimate of drug-likeness (QED) is 0.700. The number of benzene rings is 1. The first-order valence-electron chi connectivity index (χ1n) is 4.37. The highest BCUT2D eigenvalue weighted by Gasteiger charge is 2.04. The number of aryl methyl sites for hydroxylation is 1. The maximum atomic E-state index is 10.8. The molecule has 0 saturated carbocycles. The summed E-state index contributed by atoms with van der Waals surface area (Å²) >= 11 is 0. The van der Waals surface area contributed by atoms with E-state index in [0.717, 1.165) is 5.56 Å². The fourth-order valence-corrected chi connectivity index (χ4v) is 1.08. The van der Waals surface area contributed by atoms with Crippen molar-refractivity contribution in [3.8, 4) is 11.8 Å². The van der Waals surface area contributed by atoms with Gasteiger partial charge in [-0.3, -0.25) is 0 Å². The molecule has 0 heterocycles. The molecule has 0 bridgehead atoms. The topological polar surface area (TPSA) is 59.3 Å². The average molecular weight is 205 g/mol. The Bertz CT molecular complexity index is 407. The number of methoxy groups -OCH3 is 1. The summed E-state index contributed by atoms with van der Waals surface area (Å²) in [5.41, 5.74) is 1.39. The third kappa shape index (κ3) is 2.99. The summed E-state index contributed by atoms with van der Waals surface area (Å²) in [6.07, 6.45) is 0. The molecule has 0 amide bonds. The van der Waals surface area contributed by atoms with Crippen LogP contribution in [0.25, 0.3) is 0 Å². The first kappa shape index (κ1) is 11.1. The second-order valence-corrected chi connectivity index (χ2v) is 2.96. The molecule has 0 radical (unpaired) electrons. The van der Waals surface area contributed by atoms with Gasteiger partial charge in [0, 0.05) is 0 Å². The Morgan fingerprint density at radius 1 is 1.53 bits per heavy atom. The van der Waals surface area contributed by atoms with Gasteiger partial charge in [-0.1, -0.05) is 0 Å². The molecule has 0 spiro atoms. The van der Waals surface area contributed by atoms with Gasteiger partial charge in [0.1, 0.15) is 5.75 Å². The largest absolute Gasteiger partial charge is 0.482 e. The second kappa shape index (κ2) is 5.01. The molecule has 0 N–H and O–H groups in total. The molecular weight excluding hydrogens is 194 g/mol. The maximum absolute atomic E-state index is 10.8. The van der Waals surface area contributed by atoms with Gasteiger partial charge in [0.05, 0.1) is 18.7 Å². The summed E-state index contributed by atoms with van der Waals surface area (Å²) in [4.78, 5) is 10.8. The number of hydrogen-bond acceptors (Lipinski definition) is 4. The standard InChI is InChI=1S/C11H11NO3/c1-8-5-9(6-12)3-4-10(8)15-7-11(13)14-2/h3-5H,7H2,1-2H3. The first-order valence-corrected chi connectivity index (χ1v) is 4.37. The lowest BCUT2D eigenvalue weighted by Gasteiger charge is -2.07. The minimum Gasteiger partial charge on any atom is -0.482 e. The van der Waals surface area contributed by atoms with Gasteiger partial charge in [-0.2, -0.15) is 5.26 Å². The van der Waals surface area contributed by atoms with Gasteiger partial charge in [0.25, 0.3) is 0 Å². The van der Waals surface area contributed by atoms with Gasteiger partial charge in [0.15, 0.2) is 6.61 Å². The molecule has 15 heavy (non-hydrogen) atoms. The molecule has 0 aliphatic rings. The lowest BCUT2D eigenvalue weighted by atomic mass is 10.1. The van der Waals surface area contributed by atoms with E-state index in [-0.39, 0.29) is 6.61 Å². The third-order valence-corrected chi connectivity index (χ3v) is 1.88. The first-order chi connectivity index (χ1) is 7.17. The van der Waals surface area contributed by atoms with Crippen molar-refractivity contribution in [1.82, 2.24) is 0 Å². The molecule has 0 fully saturated rings. The lowest BCUT2D eigenvalue weighted by molar-refractivity contribution is -0.142. The molecule has 4 heteroatoms. The number of ether oxygens (including phenoxy) is 2. The summed E-state index contributed by atoms with van der Waals surface area (Å²) in [5.74, 6) is 0.151. The zero-order chi connectivity index (χ0) is 11.3. The van der Waals surface area contributed by atoms with Gasteiger partial charge in [-0.15, -0.1) is 0 Å². The average Bonchev–Trinajstić information content (AvgIpc) is 2.26. The molecular formula is C11H11NO3. The predicted octanol–water partition coefficient (Wildman–Crippen LogP) is 1.42. The number of esters is 1. The van der Waals surface area contributed by atoms with E-state index in [2.05, 4.69) is 4.74 Å². The minimum absolute atomic E-state index is 0.122. The molecule has 0 aliphatic heterocycles. The van der Waals surface area contributed by atoms with E-state index in [1.165, 1.54) is 7.11 Å². The number of carbonyl (C=O) groups excluding carboxylic acids is 1. The van der Waals surface area contributed by atoms with Crippen molar-refractivity contribution in [2.45, 2.75) is 6.92 Å². The van der Waals surface area contributed by atoms with Crippen LogP contribution in [0.15, 0.2) is 18.2 Å². The Balaban J connectivity index is 2.71. The van der Waals surface area contributed by atoms with Crippen molar-refractivity contribution < 1.29 is 14.3 Å². The van der Waals surface area contributed by atoms with Crippen molar-refractivity contribution in [2.24, 2.45) is 0 Å². The summed E-state index contributed by atoms with van der Waals surface area (Å²) in [5, 5.41) is 8.64. The fourth-order valence-electron chi connectivity index (χ4n) is 1.08. The monoisotopic (exact) mass is 205 g/mol. The zero-order valence-corrected chi connectivity index (χ0v) is 8.61. The molecule has 0 unspecified atom stereocenters. The smallest absolute Gasteiger partial charge is 0.343 e. The van der Waals surface area contributed by atoms with Crippen LogP contribution in [0.5, 0.6) is 5.75 Å². The van der Waals surface area contributed by atoms with E-state index in [4.69, 9.17) is 10.00 Å². The maximum Gasteiger partial charge on any atom is 0.343 e. The van der Waals surface area contributed by atoms with E-state index in [0.29, 0.717) is 11.3 Å². The van der Waals surface area contributed by atoms with E-state index in [1.54, 1.807) is 18.2 Å². The normalized spacial score (nSPS) is 9.13. The van der Waals surface area contributed by atoms with Gasteiger partial charge < -0.3 is 9.47 Å². The van der Waals surface area contributed by atoms with Crippen LogP contribution in [0.4, 0.5) is 0 Å². The summed E-state index contributed by atoms with van der Waals surface area (Å²) in [6.45, 7) is 1.69. The third-order valence-electron chi connectivity index (χ3n) is 1.88. The van der Waals surface area contributed by atoms with E-state index in [9.17, 15) is 4.79 Å². The van der Waals surface area contributed by atoms with Crippen molar-refractivity contribution in [3.63, 3.8) is 0 Å². The van der Waals surface area contributed by atoms with Crippen LogP contribution in [-0.2, 0) is 9.53 Å². The fraction of sp³-hybridized carbons (Fsp3) is 0.273. The van der Waals surface area contributed by atoms with Gasteiger partial charge in [-0.25, -0.2) is 4.79 Å². The van der Waals surface area contributed by atoms with Crippen molar-refractivity contribution in [1.29, 1.82) is 5.26 Å². The van der Waals surface area contributed by atoms with Crippen LogP contribution in [0, 0.1) is 18.3 Å². The molecule has 1 aromatic rings. The molecule has 0 aliphatic carbocycles.